The summed E-state index contributed by atoms with van der Waals surface area (Å²) in [4.78, 5) is 24.1. The second-order valence-corrected chi connectivity index (χ2v) is 11.3. The lowest BCUT2D eigenvalue weighted by Gasteiger charge is -2.20. The molecular weight excluding hydrogens is 656 g/mol. The Balaban J connectivity index is 2.01. The molecule has 0 atom stereocenters. The zero-order chi connectivity index (χ0) is 30.4. The first-order chi connectivity index (χ1) is 19.4. The molecule has 41 heavy (non-hydrogen) atoms. The van der Waals surface area contributed by atoms with E-state index in [0.717, 1.165) is 0 Å². The highest BCUT2D eigenvalue weighted by Gasteiger charge is 2.36. The molecule has 0 bridgehead atoms. The Bertz CT molecular complexity index is 1460. The summed E-state index contributed by atoms with van der Waals surface area (Å²) in [6.07, 6.45) is -4.37. The van der Waals surface area contributed by atoms with Crippen molar-refractivity contribution in [1.82, 2.24) is 20.3 Å². The van der Waals surface area contributed by atoms with E-state index in [0.29, 0.717) is 16.4 Å². The molecule has 222 valence electrons. The molecule has 3 N–H and O–H groups in total. The number of hydrogen-bond acceptors (Lipinski definition) is 10. The van der Waals surface area contributed by atoms with Crippen LogP contribution >= 0.6 is 35.1 Å². The summed E-state index contributed by atoms with van der Waals surface area (Å²) in [5, 5.41) is 7.80. The van der Waals surface area contributed by atoms with E-state index in [1.807, 2.05) is 0 Å². The van der Waals surface area contributed by atoms with Crippen LogP contribution in [0.15, 0.2) is 35.1 Å². The summed E-state index contributed by atoms with van der Waals surface area (Å²) in [6.45, 7) is 3.68. The van der Waals surface area contributed by atoms with E-state index in [1.165, 1.54) is 32.4 Å². The molecule has 0 aliphatic carbocycles. The number of carbonyl (C=O) groups excluding carboxylic acids is 1. The maximum absolute atomic E-state index is 13.8. The predicted molar refractivity (Wildman–Crippen MR) is 151 cm³/mol. The number of rotatable bonds is 12. The van der Waals surface area contributed by atoms with Gasteiger partial charge in [-0.2, -0.15) is 18.2 Å². The Kier molecular flexibility index (Phi) is 11.0. The molecule has 2 aromatic heterocycles. The van der Waals surface area contributed by atoms with Gasteiger partial charge in [-0.15, -0.1) is 0 Å². The van der Waals surface area contributed by atoms with Gasteiger partial charge in [0.2, 0.25) is 5.95 Å². The van der Waals surface area contributed by atoms with E-state index >= 15 is 0 Å². The zero-order valence-electron chi connectivity index (χ0n) is 22.2. The summed E-state index contributed by atoms with van der Waals surface area (Å²) in [7, 11) is -0.799. The minimum atomic E-state index is -4.82. The third kappa shape index (κ3) is 8.07. The van der Waals surface area contributed by atoms with Gasteiger partial charge in [0.15, 0.2) is 11.4 Å². The first kappa shape index (κ1) is 32.5. The van der Waals surface area contributed by atoms with Crippen molar-refractivity contribution in [2.24, 2.45) is 0 Å². The fraction of sp³-hybridized carbons (Fsp3) is 0.333. The molecule has 11 nitrogen and oxygen atoms in total. The van der Waals surface area contributed by atoms with Gasteiger partial charge in [0.1, 0.15) is 16.0 Å². The number of carbonyl (C=O) groups is 1. The van der Waals surface area contributed by atoms with E-state index in [9.17, 15) is 22.5 Å². The van der Waals surface area contributed by atoms with Gasteiger partial charge in [-0.3, -0.25) is 9.36 Å². The van der Waals surface area contributed by atoms with Crippen molar-refractivity contribution >= 4 is 64.2 Å². The van der Waals surface area contributed by atoms with Gasteiger partial charge < -0.3 is 29.7 Å². The molecule has 0 aliphatic rings. The van der Waals surface area contributed by atoms with E-state index in [1.54, 1.807) is 19.9 Å². The molecule has 0 fully saturated rings. The van der Waals surface area contributed by atoms with Crippen molar-refractivity contribution in [1.29, 1.82) is 0 Å². The summed E-state index contributed by atoms with van der Waals surface area (Å²) in [5.41, 5.74) is -0.758. The largest absolute Gasteiger partial charge is 0.493 e. The Morgan fingerprint density at radius 1 is 1.07 bits per heavy atom. The van der Waals surface area contributed by atoms with Crippen molar-refractivity contribution in [3.05, 3.63) is 56.9 Å². The van der Waals surface area contributed by atoms with Gasteiger partial charge in [-0.25, -0.2) is 9.97 Å². The van der Waals surface area contributed by atoms with E-state index in [2.05, 4.69) is 46.8 Å². The molecular formula is C24H26BrClF3N6O5P. The molecule has 0 saturated carbocycles. The third-order valence-corrected chi connectivity index (χ3v) is 8.18. The van der Waals surface area contributed by atoms with Crippen LogP contribution in [0.4, 0.5) is 36.3 Å². The topological polar surface area (TPSA) is 137 Å². The maximum Gasteiger partial charge on any atom is 0.421 e. The fourth-order valence-corrected chi connectivity index (χ4v) is 6.00. The summed E-state index contributed by atoms with van der Waals surface area (Å²) < 4.78 is 70.9. The number of hydrogen-bond donors (Lipinski definition) is 3. The minimum absolute atomic E-state index is 0.0271. The standard InChI is InChI=1S/C24H26BrClF3N6O5P/c1-5-39-41(37,40-6-2)12-13-7-8-16(20(38-4)18(13)26)33-23-31-11-14(24(27,28)29)21(35-23)32-15-9-10-17(25)34-19(15)22(36)30-3/h7-11H,5-6,12H2,1-4H3,(H,30,36)(H2,31,32,33,35). The van der Waals surface area contributed by atoms with Crippen LogP contribution in [-0.4, -0.2) is 48.2 Å². The van der Waals surface area contributed by atoms with Crippen molar-refractivity contribution in [3.63, 3.8) is 0 Å². The SMILES string of the molecule is CCOP(=O)(Cc1ccc(Nc2ncc(C(F)(F)F)c(Nc3ccc(Br)nc3C(=O)NC)n2)c(OC)c1Cl)OCC. The molecule has 17 heteroatoms. The number of ether oxygens (including phenoxy) is 1. The van der Waals surface area contributed by atoms with Gasteiger partial charge >= 0.3 is 13.8 Å². The number of amides is 1. The number of nitrogens with one attached hydrogen (secondary N) is 3. The molecule has 2 heterocycles. The van der Waals surface area contributed by atoms with Crippen LogP contribution in [0.3, 0.4) is 0 Å². The van der Waals surface area contributed by atoms with Crippen LogP contribution in [0.5, 0.6) is 5.75 Å². The second-order valence-electron chi connectivity index (χ2n) is 8.04. The van der Waals surface area contributed by atoms with Crippen LogP contribution < -0.4 is 20.7 Å². The number of benzene rings is 1. The minimum Gasteiger partial charge on any atom is -0.493 e. The Labute approximate surface area is 247 Å². The number of methoxy groups -OCH3 is 1. The third-order valence-electron chi connectivity index (χ3n) is 5.29. The van der Waals surface area contributed by atoms with Crippen molar-refractivity contribution < 1.29 is 36.3 Å². The highest BCUT2D eigenvalue weighted by molar-refractivity contribution is 9.10. The lowest BCUT2D eigenvalue weighted by atomic mass is 10.2. The summed E-state index contributed by atoms with van der Waals surface area (Å²) in [6, 6.07) is 5.89. The van der Waals surface area contributed by atoms with Gasteiger partial charge in [0, 0.05) is 13.2 Å². The van der Waals surface area contributed by atoms with Crippen LogP contribution in [0.1, 0.15) is 35.5 Å². The molecule has 0 aliphatic heterocycles. The monoisotopic (exact) mass is 680 g/mol. The molecule has 0 radical (unpaired) electrons. The average molecular weight is 682 g/mol. The first-order valence-corrected chi connectivity index (χ1v) is 14.9. The van der Waals surface area contributed by atoms with Crippen LogP contribution in [0.25, 0.3) is 0 Å². The lowest BCUT2D eigenvalue weighted by Crippen LogP contribution is -2.21. The quantitative estimate of drug-likeness (QED) is 0.136. The molecule has 0 saturated heterocycles. The smallest absolute Gasteiger partial charge is 0.421 e. The first-order valence-electron chi connectivity index (χ1n) is 12.0. The van der Waals surface area contributed by atoms with Crippen LogP contribution in [0.2, 0.25) is 5.02 Å². The van der Waals surface area contributed by atoms with Crippen molar-refractivity contribution in [2.75, 3.05) is 38.0 Å². The lowest BCUT2D eigenvalue weighted by molar-refractivity contribution is -0.137. The van der Waals surface area contributed by atoms with E-state index in [-0.39, 0.29) is 53.2 Å². The molecule has 0 unspecified atom stereocenters. The van der Waals surface area contributed by atoms with Gasteiger partial charge in [0.05, 0.1) is 42.9 Å². The van der Waals surface area contributed by atoms with Gasteiger partial charge in [-0.1, -0.05) is 17.7 Å². The van der Waals surface area contributed by atoms with E-state index < -0.39 is 31.1 Å². The van der Waals surface area contributed by atoms with Crippen molar-refractivity contribution in [2.45, 2.75) is 26.2 Å². The number of nitrogens with zero attached hydrogens (tertiary/aromatic N) is 3. The Hall–Kier alpha value is -2.97. The fourth-order valence-electron chi connectivity index (χ4n) is 3.57. The molecule has 3 rings (SSSR count). The number of halogens is 5. The number of aromatic nitrogens is 3. The Morgan fingerprint density at radius 3 is 2.32 bits per heavy atom. The normalized spacial score (nSPS) is 11.7. The zero-order valence-corrected chi connectivity index (χ0v) is 25.5. The number of pyridine rings is 1. The average Bonchev–Trinajstić information content (AvgIpc) is 2.90. The summed E-state index contributed by atoms with van der Waals surface area (Å²) in [5.74, 6) is -1.42. The molecule has 1 aromatic carbocycles. The van der Waals surface area contributed by atoms with Gasteiger partial charge in [-0.05, 0) is 53.5 Å². The number of anilines is 4. The van der Waals surface area contributed by atoms with Crippen LogP contribution in [0, 0.1) is 0 Å². The molecule has 1 amide bonds. The van der Waals surface area contributed by atoms with E-state index in [4.69, 9.17) is 25.4 Å². The number of alkyl halides is 3. The maximum atomic E-state index is 13.8. The van der Waals surface area contributed by atoms with Gasteiger partial charge in [0.25, 0.3) is 5.91 Å². The van der Waals surface area contributed by atoms with Crippen molar-refractivity contribution in [3.8, 4) is 5.75 Å². The predicted octanol–water partition coefficient (Wildman–Crippen LogP) is 6.93. The highest BCUT2D eigenvalue weighted by Crippen LogP contribution is 2.53. The highest BCUT2D eigenvalue weighted by atomic mass is 79.9. The van der Waals surface area contributed by atoms with Crippen LogP contribution in [-0.2, 0) is 26.0 Å². The molecule has 0 spiro atoms. The second kappa shape index (κ2) is 13.8. The molecule has 3 aromatic rings. The summed E-state index contributed by atoms with van der Waals surface area (Å²) >= 11 is 9.68. The Morgan fingerprint density at radius 2 is 1.73 bits per heavy atom.